The second-order valence-corrected chi connectivity index (χ2v) is 5.37. The molecule has 0 saturated carbocycles. The third kappa shape index (κ3) is 3.90. The number of hydrogen-bond donors (Lipinski definition) is 2. The van der Waals surface area contributed by atoms with Crippen molar-refractivity contribution in [3.05, 3.63) is 97.1 Å². The molecule has 3 nitrogen and oxygen atoms in total. The van der Waals surface area contributed by atoms with E-state index in [1.807, 2.05) is 84.9 Å². The lowest BCUT2D eigenvalue weighted by Gasteiger charge is -2.10. The summed E-state index contributed by atoms with van der Waals surface area (Å²) in [6.45, 7) is 3.87. The molecule has 24 heavy (non-hydrogen) atoms. The van der Waals surface area contributed by atoms with Crippen LogP contribution >= 0.6 is 0 Å². The van der Waals surface area contributed by atoms with E-state index in [4.69, 9.17) is 0 Å². The molecule has 2 N–H and O–H groups in total. The molecule has 0 bridgehead atoms. The molecule has 0 unspecified atom stereocenters. The Labute approximate surface area is 141 Å². The van der Waals surface area contributed by atoms with E-state index >= 15 is 0 Å². The van der Waals surface area contributed by atoms with Crippen molar-refractivity contribution < 1.29 is 4.79 Å². The lowest BCUT2D eigenvalue weighted by Crippen LogP contribution is -2.12. The predicted molar refractivity (Wildman–Crippen MR) is 100 cm³/mol. The molecule has 0 aromatic heterocycles. The number of para-hydroxylation sites is 1. The van der Waals surface area contributed by atoms with Crippen LogP contribution in [0.25, 0.3) is 5.57 Å². The summed E-state index contributed by atoms with van der Waals surface area (Å²) in [5, 5.41) is 6.17. The van der Waals surface area contributed by atoms with Crippen molar-refractivity contribution in [3.63, 3.8) is 0 Å². The molecule has 0 aliphatic heterocycles. The zero-order chi connectivity index (χ0) is 16.8. The monoisotopic (exact) mass is 314 g/mol. The van der Waals surface area contributed by atoms with Gasteiger partial charge >= 0.3 is 0 Å². The largest absolute Gasteiger partial charge is 0.356 e. The molecule has 0 aliphatic carbocycles. The minimum Gasteiger partial charge on any atom is -0.356 e. The van der Waals surface area contributed by atoms with Gasteiger partial charge in [-0.1, -0.05) is 55.1 Å². The summed E-state index contributed by atoms with van der Waals surface area (Å²) in [4.78, 5) is 12.3. The molecule has 0 spiro atoms. The highest BCUT2D eigenvalue weighted by molar-refractivity contribution is 6.24. The fourth-order valence-electron chi connectivity index (χ4n) is 2.30. The fourth-order valence-corrected chi connectivity index (χ4v) is 2.30. The van der Waals surface area contributed by atoms with Gasteiger partial charge in [0.15, 0.2) is 0 Å². The first kappa shape index (κ1) is 15.6. The first-order valence-corrected chi connectivity index (χ1v) is 7.70. The Morgan fingerprint density at radius 2 is 1.17 bits per heavy atom. The van der Waals surface area contributed by atoms with E-state index in [0.717, 1.165) is 22.6 Å². The van der Waals surface area contributed by atoms with Gasteiger partial charge in [0, 0.05) is 22.6 Å². The Hall–Kier alpha value is -3.33. The number of nitrogens with one attached hydrogen (secondary N) is 2. The first-order valence-electron chi connectivity index (χ1n) is 7.70. The molecule has 0 heterocycles. The van der Waals surface area contributed by atoms with Crippen LogP contribution < -0.4 is 10.6 Å². The minimum atomic E-state index is -0.204. The number of anilines is 3. The molecule has 1 amide bonds. The second-order valence-electron chi connectivity index (χ2n) is 5.37. The quantitative estimate of drug-likeness (QED) is 0.645. The molecular formula is C21H18N2O. The van der Waals surface area contributed by atoms with Gasteiger partial charge in [0.1, 0.15) is 0 Å². The van der Waals surface area contributed by atoms with Crippen molar-refractivity contribution in [3.8, 4) is 0 Å². The molecule has 0 atom stereocenters. The summed E-state index contributed by atoms with van der Waals surface area (Å²) in [6.07, 6.45) is 0. The van der Waals surface area contributed by atoms with E-state index in [9.17, 15) is 4.79 Å². The van der Waals surface area contributed by atoms with Gasteiger partial charge in [-0.25, -0.2) is 0 Å². The number of hydrogen-bond acceptors (Lipinski definition) is 2. The zero-order valence-corrected chi connectivity index (χ0v) is 13.2. The van der Waals surface area contributed by atoms with Crippen molar-refractivity contribution in [1.82, 2.24) is 0 Å². The normalized spacial score (nSPS) is 10.0. The van der Waals surface area contributed by atoms with Crippen molar-refractivity contribution in [2.45, 2.75) is 0 Å². The highest BCUT2D eigenvalue weighted by Crippen LogP contribution is 2.20. The van der Waals surface area contributed by atoms with Crippen LogP contribution in [0.3, 0.4) is 0 Å². The zero-order valence-electron chi connectivity index (χ0n) is 13.2. The first-order chi connectivity index (χ1) is 11.7. The number of carbonyl (C=O) groups excluding carboxylic acids is 1. The number of amides is 1. The van der Waals surface area contributed by atoms with Gasteiger partial charge in [-0.15, -0.1) is 0 Å². The Morgan fingerprint density at radius 3 is 1.79 bits per heavy atom. The lowest BCUT2D eigenvalue weighted by molar-refractivity contribution is -0.111. The van der Waals surface area contributed by atoms with Gasteiger partial charge in [0.25, 0.3) is 5.91 Å². The highest BCUT2D eigenvalue weighted by atomic mass is 16.1. The van der Waals surface area contributed by atoms with Gasteiger partial charge in [0.2, 0.25) is 0 Å². The Bertz CT molecular complexity index is 825. The third-order valence-corrected chi connectivity index (χ3v) is 3.60. The average Bonchev–Trinajstić information content (AvgIpc) is 2.64. The summed E-state index contributed by atoms with van der Waals surface area (Å²) >= 11 is 0. The maximum absolute atomic E-state index is 12.3. The van der Waals surface area contributed by atoms with Crippen LogP contribution in [-0.4, -0.2) is 5.91 Å². The summed E-state index contributed by atoms with van der Waals surface area (Å²) < 4.78 is 0. The topological polar surface area (TPSA) is 41.1 Å². The lowest BCUT2D eigenvalue weighted by atomic mass is 10.1. The van der Waals surface area contributed by atoms with Crippen LogP contribution in [0, 0.1) is 0 Å². The van der Waals surface area contributed by atoms with Crippen molar-refractivity contribution in [2.24, 2.45) is 0 Å². The molecule has 118 valence electrons. The third-order valence-electron chi connectivity index (χ3n) is 3.60. The van der Waals surface area contributed by atoms with Gasteiger partial charge in [-0.05, 0) is 42.0 Å². The highest BCUT2D eigenvalue weighted by Gasteiger charge is 2.09. The molecule has 0 saturated heterocycles. The second kappa shape index (κ2) is 7.29. The van der Waals surface area contributed by atoms with E-state index in [1.165, 1.54) is 0 Å². The minimum absolute atomic E-state index is 0.204. The standard InChI is InChI=1S/C21H18N2O/c1-16(17-8-4-2-5-9-17)21(24)23-20-14-12-19(13-15-20)22-18-10-6-3-7-11-18/h2-15,22H,1H2,(H,23,24). The predicted octanol–water partition coefficient (Wildman–Crippen LogP) is 5.08. The van der Waals surface area contributed by atoms with Crippen LogP contribution in [0.1, 0.15) is 5.56 Å². The fraction of sp³-hybridized carbons (Fsp3) is 0. The molecule has 3 aromatic rings. The summed E-state index contributed by atoms with van der Waals surface area (Å²) in [5.74, 6) is -0.204. The SMILES string of the molecule is C=C(C(=O)Nc1ccc(Nc2ccccc2)cc1)c1ccccc1. The van der Waals surface area contributed by atoms with E-state index in [-0.39, 0.29) is 5.91 Å². The average molecular weight is 314 g/mol. The Kier molecular flexibility index (Phi) is 4.73. The van der Waals surface area contributed by atoms with Crippen LogP contribution in [0.4, 0.5) is 17.1 Å². The van der Waals surface area contributed by atoms with Crippen LogP contribution in [-0.2, 0) is 4.79 Å². The maximum atomic E-state index is 12.3. The molecule has 0 aliphatic rings. The van der Waals surface area contributed by atoms with Gasteiger partial charge in [0.05, 0.1) is 0 Å². The Balaban J connectivity index is 1.64. The van der Waals surface area contributed by atoms with Crippen molar-refractivity contribution in [2.75, 3.05) is 10.6 Å². The van der Waals surface area contributed by atoms with Gasteiger partial charge in [-0.3, -0.25) is 4.79 Å². The van der Waals surface area contributed by atoms with Crippen LogP contribution in [0.5, 0.6) is 0 Å². The smallest absolute Gasteiger partial charge is 0.255 e. The molecule has 3 aromatic carbocycles. The van der Waals surface area contributed by atoms with Crippen LogP contribution in [0.2, 0.25) is 0 Å². The molecule has 3 heteroatoms. The summed E-state index contributed by atoms with van der Waals surface area (Å²) in [6, 6.07) is 26.9. The van der Waals surface area contributed by atoms with E-state index in [2.05, 4.69) is 17.2 Å². The van der Waals surface area contributed by atoms with Crippen LogP contribution in [0.15, 0.2) is 91.5 Å². The summed E-state index contributed by atoms with van der Waals surface area (Å²) in [5.41, 5.74) is 3.97. The summed E-state index contributed by atoms with van der Waals surface area (Å²) in [7, 11) is 0. The molecule has 3 rings (SSSR count). The molecule has 0 radical (unpaired) electrons. The number of benzene rings is 3. The van der Waals surface area contributed by atoms with E-state index in [1.54, 1.807) is 0 Å². The van der Waals surface area contributed by atoms with Crippen molar-refractivity contribution in [1.29, 1.82) is 0 Å². The van der Waals surface area contributed by atoms with E-state index < -0.39 is 0 Å². The van der Waals surface area contributed by atoms with Crippen molar-refractivity contribution >= 4 is 28.5 Å². The molecular weight excluding hydrogens is 296 g/mol. The maximum Gasteiger partial charge on any atom is 0.255 e. The van der Waals surface area contributed by atoms with Gasteiger partial charge < -0.3 is 10.6 Å². The number of carbonyl (C=O) groups is 1. The Morgan fingerprint density at radius 1 is 0.667 bits per heavy atom. The van der Waals surface area contributed by atoms with Gasteiger partial charge in [-0.2, -0.15) is 0 Å². The number of rotatable bonds is 5. The van der Waals surface area contributed by atoms with E-state index in [0.29, 0.717) is 5.57 Å². The molecule has 0 fully saturated rings.